The van der Waals surface area contributed by atoms with Gasteiger partial charge < -0.3 is 10.6 Å². The Bertz CT molecular complexity index is 950. The van der Waals surface area contributed by atoms with Gasteiger partial charge in [-0.2, -0.15) is 5.10 Å². The average Bonchev–Trinajstić information content (AvgIpc) is 3.05. The largest absolute Gasteiger partial charge is 0.321 e. The molecular weight excluding hydrogens is 349 g/mol. The van der Waals surface area contributed by atoms with Gasteiger partial charge in [0.1, 0.15) is 23.0 Å². The molecule has 0 unspecified atom stereocenters. The summed E-state index contributed by atoms with van der Waals surface area (Å²) in [4.78, 5) is 24.4. The van der Waals surface area contributed by atoms with Crippen molar-refractivity contribution < 1.29 is 22.8 Å². The highest BCUT2D eigenvalue weighted by Gasteiger charge is 2.21. The van der Waals surface area contributed by atoms with Gasteiger partial charge in [-0.25, -0.2) is 13.2 Å². The SMILES string of the molecule is O=C(Nc1ccc(F)cc1)c1n[nH]cc1NC(=O)c1c(F)cccc1F. The minimum atomic E-state index is -1.07. The van der Waals surface area contributed by atoms with Gasteiger partial charge in [-0.05, 0) is 36.4 Å². The normalized spacial score (nSPS) is 10.4. The predicted molar refractivity (Wildman–Crippen MR) is 87.3 cm³/mol. The number of nitrogens with zero attached hydrogens (tertiary/aromatic N) is 1. The highest BCUT2D eigenvalue weighted by Crippen LogP contribution is 2.18. The molecule has 0 aliphatic rings. The fraction of sp³-hybridized carbons (Fsp3) is 0. The Kier molecular flexibility index (Phi) is 4.70. The number of carbonyl (C=O) groups excluding carboxylic acids is 2. The Morgan fingerprint density at radius 3 is 2.19 bits per heavy atom. The van der Waals surface area contributed by atoms with Crippen LogP contribution < -0.4 is 10.6 Å². The summed E-state index contributed by atoms with van der Waals surface area (Å²) in [5.41, 5.74) is -0.757. The molecule has 3 aromatic rings. The molecule has 1 aromatic heterocycles. The van der Waals surface area contributed by atoms with E-state index in [0.29, 0.717) is 5.69 Å². The van der Waals surface area contributed by atoms with Crippen molar-refractivity contribution >= 4 is 23.2 Å². The van der Waals surface area contributed by atoms with Gasteiger partial charge in [-0.15, -0.1) is 0 Å². The van der Waals surface area contributed by atoms with Crippen molar-refractivity contribution in [1.82, 2.24) is 10.2 Å². The van der Waals surface area contributed by atoms with Crippen LogP contribution in [0.25, 0.3) is 0 Å². The maximum atomic E-state index is 13.7. The molecule has 0 spiro atoms. The first-order valence-corrected chi connectivity index (χ1v) is 7.32. The van der Waals surface area contributed by atoms with Crippen LogP contribution in [0.15, 0.2) is 48.7 Å². The van der Waals surface area contributed by atoms with Gasteiger partial charge in [0.2, 0.25) is 0 Å². The lowest BCUT2D eigenvalue weighted by Crippen LogP contribution is -2.19. The van der Waals surface area contributed by atoms with Crippen LogP contribution in [0.2, 0.25) is 0 Å². The van der Waals surface area contributed by atoms with E-state index >= 15 is 0 Å². The molecule has 26 heavy (non-hydrogen) atoms. The number of halogens is 3. The maximum Gasteiger partial charge on any atom is 0.278 e. The standard InChI is InChI=1S/C17H11F3N4O2/c18-9-4-6-10(7-5-9)22-17(26)15-13(8-21-24-15)23-16(25)14-11(19)2-1-3-12(14)20/h1-8H,(H,21,24)(H,22,26)(H,23,25). The summed E-state index contributed by atoms with van der Waals surface area (Å²) >= 11 is 0. The molecule has 0 saturated heterocycles. The molecule has 132 valence electrons. The van der Waals surface area contributed by atoms with Crippen molar-refractivity contribution in [3.8, 4) is 0 Å². The number of carbonyl (C=O) groups is 2. The third-order valence-corrected chi connectivity index (χ3v) is 3.40. The number of aromatic amines is 1. The molecule has 2 amide bonds. The molecule has 0 atom stereocenters. The van der Waals surface area contributed by atoms with Crippen molar-refractivity contribution in [1.29, 1.82) is 0 Å². The number of H-pyrrole nitrogens is 1. The Morgan fingerprint density at radius 1 is 0.885 bits per heavy atom. The minimum absolute atomic E-state index is 0.0720. The van der Waals surface area contributed by atoms with Gasteiger partial charge in [0.05, 0.1) is 5.69 Å². The van der Waals surface area contributed by atoms with E-state index < -0.39 is 34.8 Å². The number of rotatable bonds is 4. The number of anilines is 2. The fourth-order valence-corrected chi connectivity index (χ4v) is 2.18. The molecule has 0 bridgehead atoms. The zero-order valence-electron chi connectivity index (χ0n) is 13.0. The van der Waals surface area contributed by atoms with Gasteiger partial charge in [0.25, 0.3) is 11.8 Å². The molecule has 0 aliphatic heterocycles. The summed E-state index contributed by atoms with van der Waals surface area (Å²) in [6.45, 7) is 0. The van der Waals surface area contributed by atoms with E-state index in [-0.39, 0.29) is 11.4 Å². The number of hydrogen-bond donors (Lipinski definition) is 3. The van der Waals surface area contributed by atoms with E-state index in [0.717, 1.165) is 30.3 Å². The zero-order chi connectivity index (χ0) is 18.7. The smallest absolute Gasteiger partial charge is 0.278 e. The first-order chi connectivity index (χ1) is 12.5. The van der Waals surface area contributed by atoms with Crippen LogP contribution in [0, 0.1) is 17.5 Å². The van der Waals surface area contributed by atoms with E-state index in [9.17, 15) is 22.8 Å². The van der Waals surface area contributed by atoms with E-state index in [1.807, 2.05) is 0 Å². The summed E-state index contributed by atoms with van der Waals surface area (Å²) in [5, 5.41) is 10.8. The molecule has 3 N–H and O–H groups in total. The molecular formula is C17H11F3N4O2. The molecule has 2 aromatic carbocycles. The van der Waals surface area contributed by atoms with Gasteiger partial charge >= 0.3 is 0 Å². The van der Waals surface area contributed by atoms with Gasteiger partial charge in [-0.1, -0.05) is 6.07 Å². The second-order valence-corrected chi connectivity index (χ2v) is 5.16. The van der Waals surface area contributed by atoms with Crippen LogP contribution in [0.4, 0.5) is 24.5 Å². The molecule has 0 saturated carbocycles. The molecule has 0 aliphatic carbocycles. The van der Waals surface area contributed by atoms with Gasteiger partial charge in [0.15, 0.2) is 5.69 Å². The summed E-state index contributed by atoms with van der Waals surface area (Å²) in [7, 11) is 0. The Labute approximate surface area is 145 Å². The lowest BCUT2D eigenvalue weighted by molar-refractivity contribution is 0.101. The van der Waals surface area contributed by atoms with Crippen molar-refractivity contribution in [3.63, 3.8) is 0 Å². The predicted octanol–water partition coefficient (Wildman–Crippen LogP) is 3.33. The van der Waals surface area contributed by atoms with Crippen LogP contribution in [0.3, 0.4) is 0 Å². The fourth-order valence-electron chi connectivity index (χ4n) is 2.18. The van der Waals surface area contributed by atoms with E-state index in [2.05, 4.69) is 20.8 Å². The first kappa shape index (κ1) is 17.2. The summed E-state index contributed by atoms with van der Waals surface area (Å²) < 4.78 is 40.2. The van der Waals surface area contributed by atoms with E-state index in [4.69, 9.17) is 0 Å². The van der Waals surface area contributed by atoms with E-state index in [1.54, 1.807) is 0 Å². The quantitative estimate of drug-likeness (QED) is 0.667. The third-order valence-electron chi connectivity index (χ3n) is 3.40. The summed E-state index contributed by atoms with van der Waals surface area (Å²) in [5.74, 6) is -4.32. The van der Waals surface area contributed by atoms with Crippen LogP contribution in [0.1, 0.15) is 20.8 Å². The second-order valence-electron chi connectivity index (χ2n) is 5.16. The van der Waals surface area contributed by atoms with Crippen LogP contribution >= 0.6 is 0 Å². The number of amides is 2. The molecule has 9 heteroatoms. The first-order valence-electron chi connectivity index (χ1n) is 7.32. The number of hydrogen-bond acceptors (Lipinski definition) is 3. The Hall–Kier alpha value is -3.62. The molecule has 0 fully saturated rings. The lowest BCUT2D eigenvalue weighted by atomic mass is 10.2. The Balaban J connectivity index is 1.79. The number of aromatic nitrogens is 2. The van der Waals surface area contributed by atoms with Crippen molar-refractivity contribution in [2.45, 2.75) is 0 Å². The summed E-state index contributed by atoms with van der Waals surface area (Å²) in [6.07, 6.45) is 1.19. The zero-order valence-corrected chi connectivity index (χ0v) is 13.0. The average molecular weight is 360 g/mol. The maximum absolute atomic E-state index is 13.7. The third kappa shape index (κ3) is 3.56. The van der Waals surface area contributed by atoms with Crippen LogP contribution in [-0.4, -0.2) is 22.0 Å². The monoisotopic (exact) mass is 360 g/mol. The highest BCUT2D eigenvalue weighted by molar-refractivity contribution is 6.11. The second kappa shape index (κ2) is 7.09. The van der Waals surface area contributed by atoms with Crippen molar-refractivity contribution in [2.75, 3.05) is 10.6 Å². The van der Waals surface area contributed by atoms with Crippen molar-refractivity contribution in [2.24, 2.45) is 0 Å². The number of benzene rings is 2. The number of nitrogens with one attached hydrogen (secondary N) is 3. The van der Waals surface area contributed by atoms with Gasteiger partial charge in [-0.3, -0.25) is 14.7 Å². The molecule has 1 heterocycles. The van der Waals surface area contributed by atoms with Gasteiger partial charge in [0, 0.05) is 11.9 Å². The summed E-state index contributed by atoms with van der Waals surface area (Å²) in [6, 6.07) is 8.00. The Morgan fingerprint density at radius 2 is 1.54 bits per heavy atom. The van der Waals surface area contributed by atoms with Crippen LogP contribution in [-0.2, 0) is 0 Å². The topological polar surface area (TPSA) is 86.9 Å². The molecule has 6 nitrogen and oxygen atoms in total. The van der Waals surface area contributed by atoms with E-state index in [1.165, 1.54) is 18.3 Å². The lowest BCUT2D eigenvalue weighted by Gasteiger charge is -2.08. The van der Waals surface area contributed by atoms with Crippen LogP contribution in [0.5, 0.6) is 0 Å². The molecule has 0 radical (unpaired) electrons. The van der Waals surface area contributed by atoms with Crippen molar-refractivity contribution in [3.05, 3.63) is 77.4 Å². The highest BCUT2D eigenvalue weighted by atomic mass is 19.1. The molecule has 3 rings (SSSR count). The minimum Gasteiger partial charge on any atom is -0.321 e.